The standard InChI is InChI=1S/C10H12ClN3O2/c1-6-12-8(11)5-9(13-6)14-4-2-3-7(14)10(15)16/h5,7H,2-4H2,1H3,(H,15,16)/t7-/m1/s1. The molecule has 0 saturated carbocycles. The summed E-state index contributed by atoms with van der Waals surface area (Å²) < 4.78 is 0. The lowest BCUT2D eigenvalue weighted by atomic mass is 10.2. The van der Waals surface area contributed by atoms with E-state index in [2.05, 4.69) is 9.97 Å². The summed E-state index contributed by atoms with van der Waals surface area (Å²) >= 11 is 5.83. The predicted octanol–water partition coefficient (Wildman–Crippen LogP) is 1.49. The van der Waals surface area contributed by atoms with Crippen LogP contribution in [0.2, 0.25) is 5.15 Å². The molecule has 2 rings (SSSR count). The van der Waals surface area contributed by atoms with Crippen molar-refractivity contribution in [1.82, 2.24) is 9.97 Å². The monoisotopic (exact) mass is 241 g/mol. The molecule has 1 fully saturated rings. The molecule has 86 valence electrons. The quantitative estimate of drug-likeness (QED) is 0.795. The van der Waals surface area contributed by atoms with Gasteiger partial charge in [0.05, 0.1) is 0 Å². The Balaban J connectivity index is 2.32. The Morgan fingerprint density at radius 2 is 2.38 bits per heavy atom. The van der Waals surface area contributed by atoms with Crippen molar-refractivity contribution < 1.29 is 9.90 Å². The van der Waals surface area contributed by atoms with Gasteiger partial charge < -0.3 is 10.0 Å². The maximum Gasteiger partial charge on any atom is 0.326 e. The van der Waals surface area contributed by atoms with Gasteiger partial charge in [-0.25, -0.2) is 14.8 Å². The SMILES string of the molecule is Cc1nc(Cl)cc(N2CCC[C@@H]2C(=O)O)n1. The molecule has 0 unspecified atom stereocenters. The summed E-state index contributed by atoms with van der Waals surface area (Å²) in [6.45, 7) is 2.44. The van der Waals surface area contributed by atoms with Crippen LogP contribution in [0.3, 0.4) is 0 Å². The maximum atomic E-state index is 11.0. The second-order valence-corrected chi connectivity index (χ2v) is 4.17. The van der Waals surface area contributed by atoms with Crippen LogP contribution in [0.15, 0.2) is 6.07 Å². The zero-order valence-electron chi connectivity index (χ0n) is 8.85. The molecule has 1 saturated heterocycles. The van der Waals surface area contributed by atoms with Crippen molar-refractivity contribution in [1.29, 1.82) is 0 Å². The summed E-state index contributed by atoms with van der Waals surface area (Å²) in [6.07, 6.45) is 1.51. The lowest BCUT2D eigenvalue weighted by Gasteiger charge is -2.22. The Bertz CT molecular complexity index is 404. The van der Waals surface area contributed by atoms with Crippen molar-refractivity contribution in [3.63, 3.8) is 0 Å². The van der Waals surface area contributed by atoms with Crippen molar-refractivity contribution in [2.45, 2.75) is 25.8 Å². The number of anilines is 1. The number of carboxylic acid groups (broad SMARTS) is 1. The molecule has 1 aromatic rings. The third-order valence-electron chi connectivity index (χ3n) is 2.63. The summed E-state index contributed by atoms with van der Waals surface area (Å²) in [5.41, 5.74) is 0. The molecule has 16 heavy (non-hydrogen) atoms. The second-order valence-electron chi connectivity index (χ2n) is 3.79. The molecule has 1 aliphatic heterocycles. The molecule has 0 amide bonds. The number of carboxylic acids is 1. The summed E-state index contributed by atoms with van der Waals surface area (Å²) in [5.74, 6) is 0.339. The van der Waals surface area contributed by atoms with Crippen molar-refractivity contribution in [2.75, 3.05) is 11.4 Å². The first-order valence-corrected chi connectivity index (χ1v) is 5.46. The first kappa shape index (κ1) is 11.1. The average Bonchev–Trinajstić information content (AvgIpc) is 2.63. The number of carbonyl (C=O) groups is 1. The van der Waals surface area contributed by atoms with Gasteiger partial charge in [0.15, 0.2) is 0 Å². The topological polar surface area (TPSA) is 66.3 Å². The van der Waals surface area contributed by atoms with E-state index in [0.717, 1.165) is 6.42 Å². The molecular formula is C10H12ClN3O2. The van der Waals surface area contributed by atoms with Crippen LogP contribution in [0.1, 0.15) is 18.7 Å². The van der Waals surface area contributed by atoms with Gasteiger partial charge in [-0.05, 0) is 19.8 Å². The number of halogens is 1. The minimum atomic E-state index is -0.815. The van der Waals surface area contributed by atoms with Crippen molar-refractivity contribution in [3.8, 4) is 0 Å². The molecule has 6 heteroatoms. The number of hydrogen-bond acceptors (Lipinski definition) is 4. The molecule has 0 spiro atoms. The van der Waals surface area contributed by atoms with Gasteiger partial charge in [-0.3, -0.25) is 0 Å². The number of nitrogens with zero attached hydrogens (tertiary/aromatic N) is 3. The number of aliphatic carboxylic acids is 1. The van der Waals surface area contributed by atoms with Crippen LogP contribution in [-0.2, 0) is 4.79 Å². The molecule has 0 aliphatic carbocycles. The summed E-state index contributed by atoms with van der Waals surface area (Å²) in [6, 6.07) is 1.11. The van der Waals surface area contributed by atoms with Crippen molar-refractivity contribution in [2.24, 2.45) is 0 Å². The second kappa shape index (κ2) is 4.25. The van der Waals surface area contributed by atoms with Gasteiger partial charge in [0.2, 0.25) is 0 Å². The van der Waals surface area contributed by atoms with Gasteiger partial charge in [-0.2, -0.15) is 0 Å². The van der Waals surface area contributed by atoms with Crippen LogP contribution in [-0.4, -0.2) is 33.6 Å². The zero-order chi connectivity index (χ0) is 11.7. The molecule has 2 heterocycles. The third kappa shape index (κ3) is 2.09. The normalized spacial score (nSPS) is 20.1. The summed E-state index contributed by atoms with van der Waals surface area (Å²) in [7, 11) is 0. The summed E-state index contributed by atoms with van der Waals surface area (Å²) in [4.78, 5) is 21.0. The Labute approximate surface area is 98.1 Å². The lowest BCUT2D eigenvalue weighted by Crippen LogP contribution is -2.36. The van der Waals surface area contributed by atoms with Gasteiger partial charge in [0.25, 0.3) is 0 Å². The number of rotatable bonds is 2. The summed E-state index contributed by atoms with van der Waals surface area (Å²) in [5, 5.41) is 9.41. The number of hydrogen-bond donors (Lipinski definition) is 1. The number of aromatic nitrogens is 2. The molecule has 1 atom stereocenters. The van der Waals surface area contributed by atoms with E-state index < -0.39 is 12.0 Å². The van der Waals surface area contributed by atoms with E-state index in [4.69, 9.17) is 16.7 Å². The first-order valence-electron chi connectivity index (χ1n) is 5.08. The minimum Gasteiger partial charge on any atom is -0.480 e. The highest BCUT2D eigenvalue weighted by Crippen LogP contribution is 2.25. The largest absolute Gasteiger partial charge is 0.480 e. The zero-order valence-corrected chi connectivity index (χ0v) is 9.61. The maximum absolute atomic E-state index is 11.0. The highest BCUT2D eigenvalue weighted by molar-refractivity contribution is 6.29. The molecule has 5 nitrogen and oxygen atoms in total. The van der Waals surface area contributed by atoms with Gasteiger partial charge in [0, 0.05) is 12.6 Å². The minimum absolute atomic E-state index is 0.346. The average molecular weight is 242 g/mol. The van der Waals surface area contributed by atoms with E-state index in [1.165, 1.54) is 0 Å². The third-order valence-corrected chi connectivity index (χ3v) is 2.82. The number of aryl methyl sites for hydroxylation is 1. The first-order chi connectivity index (χ1) is 7.58. The van der Waals surface area contributed by atoms with Gasteiger partial charge >= 0.3 is 5.97 Å². The molecule has 1 N–H and O–H groups in total. The Kier molecular flexibility index (Phi) is 2.96. The Morgan fingerprint density at radius 1 is 1.62 bits per heavy atom. The molecular weight excluding hydrogens is 230 g/mol. The Hall–Kier alpha value is -1.36. The molecule has 0 aromatic carbocycles. The van der Waals surface area contributed by atoms with Gasteiger partial charge in [-0.15, -0.1) is 0 Å². The fourth-order valence-corrected chi connectivity index (χ4v) is 2.18. The van der Waals surface area contributed by atoms with Crippen LogP contribution < -0.4 is 4.90 Å². The lowest BCUT2D eigenvalue weighted by molar-refractivity contribution is -0.138. The fourth-order valence-electron chi connectivity index (χ4n) is 1.96. The van der Waals surface area contributed by atoms with Gasteiger partial charge in [-0.1, -0.05) is 11.6 Å². The van der Waals surface area contributed by atoms with Crippen LogP contribution in [0, 0.1) is 6.92 Å². The van der Waals surface area contributed by atoms with Crippen LogP contribution in [0.4, 0.5) is 5.82 Å². The van der Waals surface area contributed by atoms with Crippen LogP contribution >= 0.6 is 11.6 Å². The van der Waals surface area contributed by atoms with Crippen LogP contribution in [0.25, 0.3) is 0 Å². The van der Waals surface area contributed by atoms with Crippen molar-refractivity contribution >= 4 is 23.4 Å². The molecule has 1 aromatic heterocycles. The fraction of sp³-hybridized carbons (Fsp3) is 0.500. The van der Waals surface area contributed by atoms with Crippen molar-refractivity contribution in [3.05, 3.63) is 17.0 Å². The molecule has 0 radical (unpaired) electrons. The van der Waals surface area contributed by atoms with E-state index in [9.17, 15) is 4.79 Å². The van der Waals surface area contributed by atoms with Gasteiger partial charge in [0.1, 0.15) is 22.8 Å². The Morgan fingerprint density at radius 3 is 3.00 bits per heavy atom. The van der Waals surface area contributed by atoms with E-state index in [-0.39, 0.29) is 0 Å². The molecule has 0 bridgehead atoms. The molecule has 1 aliphatic rings. The van der Waals surface area contributed by atoms with E-state index >= 15 is 0 Å². The predicted molar refractivity (Wildman–Crippen MR) is 59.8 cm³/mol. The van der Waals surface area contributed by atoms with E-state index in [0.29, 0.717) is 29.8 Å². The van der Waals surface area contributed by atoms with E-state index in [1.54, 1.807) is 17.9 Å². The highest BCUT2D eigenvalue weighted by Gasteiger charge is 2.31. The van der Waals surface area contributed by atoms with Crippen LogP contribution in [0.5, 0.6) is 0 Å². The van der Waals surface area contributed by atoms with E-state index in [1.807, 2.05) is 0 Å². The highest BCUT2D eigenvalue weighted by atomic mass is 35.5. The smallest absolute Gasteiger partial charge is 0.326 e.